The first-order valence-corrected chi connectivity index (χ1v) is 7.80. The van der Waals surface area contributed by atoms with Crippen molar-refractivity contribution in [2.45, 2.75) is 23.3 Å². The molecule has 112 valence electrons. The standard InChI is InChI=1S/C12H19N3O4S/c1-18-10-6-11(8-14-7-10)20(16,17)15-12(9-13)2-4-19-5-3-12/h6-8,15H,2-5,9,13H2,1H3. The number of aromatic nitrogens is 1. The molecule has 1 aliphatic heterocycles. The summed E-state index contributed by atoms with van der Waals surface area (Å²) in [5.41, 5.74) is 5.10. The average molecular weight is 301 g/mol. The van der Waals surface area contributed by atoms with E-state index >= 15 is 0 Å². The van der Waals surface area contributed by atoms with Gasteiger partial charge in [0.05, 0.1) is 13.3 Å². The largest absolute Gasteiger partial charge is 0.495 e. The van der Waals surface area contributed by atoms with Crippen LogP contribution in [0.1, 0.15) is 12.8 Å². The van der Waals surface area contributed by atoms with Crippen molar-refractivity contribution in [3.8, 4) is 5.75 Å². The molecule has 20 heavy (non-hydrogen) atoms. The molecule has 8 heteroatoms. The molecular formula is C12H19N3O4S. The third kappa shape index (κ3) is 3.26. The maximum Gasteiger partial charge on any atom is 0.242 e. The van der Waals surface area contributed by atoms with E-state index in [4.69, 9.17) is 15.2 Å². The zero-order valence-electron chi connectivity index (χ0n) is 11.3. The highest BCUT2D eigenvalue weighted by atomic mass is 32.2. The van der Waals surface area contributed by atoms with Crippen molar-refractivity contribution in [1.29, 1.82) is 0 Å². The number of pyridine rings is 1. The highest BCUT2D eigenvalue weighted by molar-refractivity contribution is 7.89. The predicted octanol–water partition coefficient (Wildman–Crippen LogP) is -0.124. The number of nitrogens with two attached hydrogens (primary N) is 1. The predicted molar refractivity (Wildman–Crippen MR) is 72.9 cm³/mol. The Morgan fingerprint density at radius 3 is 2.75 bits per heavy atom. The van der Waals surface area contributed by atoms with E-state index in [0.717, 1.165) is 0 Å². The minimum atomic E-state index is -3.69. The lowest BCUT2D eigenvalue weighted by atomic mass is 9.92. The van der Waals surface area contributed by atoms with Crippen LogP contribution in [0.3, 0.4) is 0 Å². The van der Waals surface area contributed by atoms with E-state index in [-0.39, 0.29) is 11.4 Å². The van der Waals surface area contributed by atoms with Crippen LogP contribution in [0.15, 0.2) is 23.4 Å². The minimum absolute atomic E-state index is 0.0659. The number of ether oxygens (including phenoxy) is 2. The fourth-order valence-corrected chi connectivity index (χ4v) is 3.56. The van der Waals surface area contributed by atoms with Gasteiger partial charge in [0, 0.05) is 37.6 Å². The monoisotopic (exact) mass is 301 g/mol. The number of methoxy groups -OCH3 is 1. The summed E-state index contributed by atoms with van der Waals surface area (Å²) in [7, 11) is -2.23. The Morgan fingerprint density at radius 2 is 2.15 bits per heavy atom. The van der Waals surface area contributed by atoms with Crippen LogP contribution < -0.4 is 15.2 Å². The van der Waals surface area contributed by atoms with Crippen molar-refractivity contribution in [2.24, 2.45) is 5.73 Å². The Balaban J connectivity index is 2.25. The Hall–Kier alpha value is -1.22. The number of sulfonamides is 1. The molecule has 2 heterocycles. The quantitative estimate of drug-likeness (QED) is 0.785. The van der Waals surface area contributed by atoms with Gasteiger partial charge in [-0.25, -0.2) is 13.1 Å². The summed E-state index contributed by atoms with van der Waals surface area (Å²) in [6, 6.07) is 1.43. The van der Waals surface area contributed by atoms with Crippen molar-refractivity contribution in [1.82, 2.24) is 9.71 Å². The lowest BCUT2D eigenvalue weighted by Gasteiger charge is -2.36. The smallest absolute Gasteiger partial charge is 0.242 e. The zero-order chi connectivity index (χ0) is 14.6. The first kappa shape index (κ1) is 15.2. The molecule has 0 amide bonds. The Morgan fingerprint density at radius 1 is 1.45 bits per heavy atom. The van der Waals surface area contributed by atoms with Gasteiger partial charge in [-0.05, 0) is 12.8 Å². The van der Waals surface area contributed by atoms with Crippen LogP contribution in [0, 0.1) is 0 Å². The second kappa shape index (κ2) is 6.04. The van der Waals surface area contributed by atoms with Crippen LogP contribution in [0.2, 0.25) is 0 Å². The lowest BCUT2D eigenvalue weighted by molar-refractivity contribution is 0.0502. The van der Waals surface area contributed by atoms with E-state index in [1.807, 2.05) is 0 Å². The fourth-order valence-electron chi connectivity index (χ4n) is 2.11. The van der Waals surface area contributed by atoms with Gasteiger partial charge in [0.15, 0.2) is 0 Å². The number of nitrogens with one attached hydrogen (secondary N) is 1. The van der Waals surface area contributed by atoms with Crippen LogP contribution in [-0.4, -0.2) is 45.8 Å². The second-order valence-corrected chi connectivity index (χ2v) is 6.45. The van der Waals surface area contributed by atoms with Gasteiger partial charge in [0.25, 0.3) is 0 Å². The highest BCUT2D eigenvalue weighted by Crippen LogP contribution is 2.23. The summed E-state index contributed by atoms with van der Waals surface area (Å²) in [6.07, 6.45) is 3.85. The number of rotatable bonds is 5. The summed E-state index contributed by atoms with van der Waals surface area (Å²) in [5, 5.41) is 0. The molecule has 0 radical (unpaired) electrons. The van der Waals surface area contributed by atoms with Crippen molar-refractivity contribution >= 4 is 10.0 Å². The first-order valence-electron chi connectivity index (χ1n) is 6.32. The number of hydrogen-bond donors (Lipinski definition) is 2. The zero-order valence-corrected chi connectivity index (χ0v) is 12.1. The molecule has 7 nitrogen and oxygen atoms in total. The van der Waals surface area contributed by atoms with E-state index < -0.39 is 15.6 Å². The minimum Gasteiger partial charge on any atom is -0.495 e. The van der Waals surface area contributed by atoms with Crippen molar-refractivity contribution in [3.63, 3.8) is 0 Å². The molecule has 1 fully saturated rings. The first-order chi connectivity index (χ1) is 9.51. The summed E-state index contributed by atoms with van der Waals surface area (Å²) >= 11 is 0. The molecule has 1 aromatic rings. The topological polar surface area (TPSA) is 104 Å². The second-order valence-electron chi connectivity index (χ2n) is 4.76. The van der Waals surface area contributed by atoms with Gasteiger partial charge in [-0.3, -0.25) is 4.98 Å². The van der Waals surface area contributed by atoms with Gasteiger partial charge in [0.1, 0.15) is 10.6 Å². The van der Waals surface area contributed by atoms with Gasteiger partial charge in [-0.15, -0.1) is 0 Å². The van der Waals surface area contributed by atoms with Gasteiger partial charge >= 0.3 is 0 Å². The van der Waals surface area contributed by atoms with Crippen molar-refractivity contribution in [2.75, 3.05) is 26.9 Å². The van der Waals surface area contributed by atoms with E-state index in [1.54, 1.807) is 0 Å². The Labute approximate surface area is 118 Å². The summed E-state index contributed by atoms with van der Waals surface area (Å²) < 4.78 is 37.8. The van der Waals surface area contributed by atoms with Gasteiger partial charge in [-0.1, -0.05) is 0 Å². The third-order valence-corrected chi connectivity index (χ3v) is 4.97. The Bertz CT molecular complexity index is 556. The van der Waals surface area contributed by atoms with E-state index in [1.165, 1.54) is 25.6 Å². The van der Waals surface area contributed by atoms with E-state index in [9.17, 15) is 8.42 Å². The molecule has 1 saturated heterocycles. The molecule has 2 rings (SSSR count). The van der Waals surface area contributed by atoms with Crippen LogP contribution in [0.25, 0.3) is 0 Å². The van der Waals surface area contributed by atoms with Crippen LogP contribution in [0.5, 0.6) is 5.75 Å². The van der Waals surface area contributed by atoms with Crippen LogP contribution in [0.4, 0.5) is 0 Å². The molecule has 0 aromatic carbocycles. The van der Waals surface area contributed by atoms with E-state index in [0.29, 0.717) is 31.8 Å². The molecule has 0 aliphatic carbocycles. The van der Waals surface area contributed by atoms with Crippen LogP contribution >= 0.6 is 0 Å². The van der Waals surface area contributed by atoms with Gasteiger partial charge in [0.2, 0.25) is 10.0 Å². The third-order valence-electron chi connectivity index (χ3n) is 3.43. The highest BCUT2D eigenvalue weighted by Gasteiger charge is 2.36. The molecule has 0 unspecified atom stereocenters. The summed E-state index contributed by atoms with van der Waals surface area (Å²) in [4.78, 5) is 3.93. The van der Waals surface area contributed by atoms with Crippen molar-refractivity contribution in [3.05, 3.63) is 18.5 Å². The Kier molecular flexibility index (Phi) is 4.59. The molecule has 1 aromatic heterocycles. The SMILES string of the molecule is COc1cncc(S(=O)(=O)NC2(CN)CCOCC2)c1. The maximum absolute atomic E-state index is 12.4. The molecule has 0 saturated carbocycles. The molecule has 0 atom stereocenters. The summed E-state index contributed by atoms with van der Waals surface area (Å²) in [5.74, 6) is 0.390. The molecule has 1 aliphatic rings. The number of hydrogen-bond acceptors (Lipinski definition) is 6. The van der Waals surface area contributed by atoms with E-state index in [2.05, 4.69) is 9.71 Å². The van der Waals surface area contributed by atoms with Gasteiger partial charge in [-0.2, -0.15) is 0 Å². The molecule has 0 bridgehead atoms. The fraction of sp³-hybridized carbons (Fsp3) is 0.583. The molecule has 0 spiro atoms. The number of nitrogens with zero attached hydrogens (tertiary/aromatic N) is 1. The van der Waals surface area contributed by atoms with Gasteiger partial charge < -0.3 is 15.2 Å². The summed E-state index contributed by atoms with van der Waals surface area (Å²) in [6.45, 7) is 1.22. The maximum atomic E-state index is 12.4. The van der Waals surface area contributed by atoms with Crippen molar-refractivity contribution < 1.29 is 17.9 Å². The molecule has 3 N–H and O–H groups in total. The molecular weight excluding hydrogens is 282 g/mol. The lowest BCUT2D eigenvalue weighted by Crippen LogP contribution is -2.56. The normalized spacial score (nSPS) is 18.7. The van der Waals surface area contributed by atoms with Crippen LogP contribution in [-0.2, 0) is 14.8 Å². The average Bonchev–Trinajstić information content (AvgIpc) is 2.48.